The van der Waals surface area contributed by atoms with Crippen molar-refractivity contribution in [1.29, 1.82) is 0 Å². The summed E-state index contributed by atoms with van der Waals surface area (Å²) in [4.78, 5) is 5.59. The number of thiazole rings is 1. The van der Waals surface area contributed by atoms with E-state index in [1.54, 1.807) is 17.8 Å². The van der Waals surface area contributed by atoms with Crippen molar-refractivity contribution in [2.24, 2.45) is 0 Å². The van der Waals surface area contributed by atoms with Gasteiger partial charge in [0.25, 0.3) is 0 Å². The maximum Gasteiger partial charge on any atom is 0.188 e. The maximum absolute atomic E-state index is 13.1. The molecular weight excluding hydrogens is 279 g/mol. The Balaban J connectivity index is 1.87. The Kier molecular flexibility index (Phi) is 3.40. The number of nitrogens with zero attached hydrogens (tertiary/aromatic N) is 1. The molecule has 0 fully saturated rings. The van der Waals surface area contributed by atoms with Crippen LogP contribution in [0.2, 0.25) is 0 Å². The highest BCUT2D eigenvalue weighted by Crippen LogP contribution is 2.29. The standard InChI is InChI=1S/C14H11FN2S2/c1-18-11-5-3-10(4-6-11)16-14-17-12-8-9(15)2-7-13(12)19-14/h2-8H,1H3,(H,16,17). The first-order valence-electron chi connectivity index (χ1n) is 5.72. The number of thioether (sulfide) groups is 1. The average molecular weight is 290 g/mol. The highest BCUT2D eigenvalue weighted by atomic mass is 32.2. The fourth-order valence-electron chi connectivity index (χ4n) is 1.75. The molecule has 3 rings (SSSR count). The number of rotatable bonds is 3. The molecule has 1 N–H and O–H groups in total. The average Bonchev–Trinajstić information content (AvgIpc) is 2.81. The van der Waals surface area contributed by atoms with Crippen molar-refractivity contribution < 1.29 is 4.39 Å². The van der Waals surface area contributed by atoms with Crippen LogP contribution in [0.3, 0.4) is 0 Å². The number of anilines is 2. The summed E-state index contributed by atoms with van der Waals surface area (Å²) < 4.78 is 14.1. The third kappa shape index (κ3) is 2.72. The van der Waals surface area contributed by atoms with Crippen LogP contribution >= 0.6 is 23.1 Å². The number of nitrogens with one attached hydrogen (secondary N) is 1. The van der Waals surface area contributed by atoms with Crippen molar-refractivity contribution in [1.82, 2.24) is 4.98 Å². The molecule has 0 spiro atoms. The van der Waals surface area contributed by atoms with Gasteiger partial charge in [-0.1, -0.05) is 11.3 Å². The normalized spacial score (nSPS) is 10.8. The van der Waals surface area contributed by atoms with Gasteiger partial charge in [-0.15, -0.1) is 11.8 Å². The summed E-state index contributed by atoms with van der Waals surface area (Å²) in [5.74, 6) is -0.256. The molecule has 3 aromatic rings. The molecule has 96 valence electrons. The second kappa shape index (κ2) is 5.19. The molecule has 0 saturated carbocycles. The van der Waals surface area contributed by atoms with Gasteiger partial charge in [-0.3, -0.25) is 0 Å². The van der Waals surface area contributed by atoms with Crippen molar-refractivity contribution in [3.63, 3.8) is 0 Å². The van der Waals surface area contributed by atoms with Gasteiger partial charge < -0.3 is 5.32 Å². The minimum atomic E-state index is -0.256. The van der Waals surface area contributed by atoms with E-state index in [9.17, 15) is 4.39 Å². The Labute approximate surface area is 118 Å². The van der Waals surface area contributed by atoms with Crippen LogP contribution in [-0.4, -0.2) is 11.2 Å². The van der Waals surface area contributed by atoms with E-state index >= 15 is 0 Å². The second-order valence-electron chi connectivity index (χ2n) is 3.98. The van der Waals surface area contributed by atoms with E-state index in [0.29, 0.717) is 5.52 Å². The number of halogens is 1. The Hall–Kier alpha value is -1.59. The smallest absolute Gasteiger partial charge is 0.188 e. The van der Waals surface area contributed by atoms with Crippen LogP contribution in [0.1, 0.15) is 0 Å². The molecule has 0 amide bonds. The lowest BCUT2D eigenvalue weighted by Gasteiger charge is -2.02. The highest BCUT2D eigenvalue weighted by Gasteiger charge is 2.05. The molecule has 0 saturated heterocycles. The van der Waals surface area contributed by atoms with Crippen molar-refractivity contribution >= 4 is 44.1 Å². The van der Waals surface area contributed by atoms with Crippen molar-refractivity contribution in [3.05, 3.63) is 48.3 Å². The third-order valence-corrected chi connectivity index (χ3v) is 4.39. The van der Waals surface area contributed by atoms with Crippen LogP contribution in [0.15, 0.2) is 47.4 Å². The first-order chi connectivity index (χ1) is 9.24. The van der Waals surface area contributed by atoms with E-state index in [2.05, 4.69) is 22.4 Å². The fourth-order valence-corrected chi connectivity index (χ4v) is 3.03. The molecule has 0 atom stereocenters. The predicted octanol–water partition coefficient (Wildman–Crippen LogP) is 4.90. The summed E-state index contributed by atoms with van der Waals surface area (Å²) in [6.45, 7) is 0. The summed E-state index contributed by atoms with van der Waals surface area (Å²) in [6, 6.07) is 12.8. The summed E-state index contributed by atoms with van der Waals surface area (Å²) in [6.07, 6.45) is 2.05. The minimum Gasteiger partial charge on any atom is -0.332 e. The number of aromatic nitrogens is 1. The van der Waals surface area contributed by atoms with Crippen LogP contribution in [0.4, 0.5) is 15.2 Å². The minimum absolute atomic E-state index is 0.256. The van der Waals surface area contributed by atoms with Crippen LogP contribution in [0.25, 0.3) is 10.2 Å². The number of hydrogen-bond acceptors (Lipinski definition) is 4. The molecule has 0 aliphatic rings. The van der Waals surface area contributed by atoms with Gasteiger partial charge in [-0.05, 0) is 42.7 Å². The van der Waals surface area contributed by atoms with Gasteiger partial charge in [-0.25, -0.2) is 9.37 Å². The van der Waals surface area contributed by atoms with E-state index in [4.69, 9.17) is 0 Å². The van der Waals surface area contributed by atoms with Crippen molar-refractivity contribution in [2.45, 2.75) is 4.90 Å². The molecule has 0 aliphatic heterocycles. The van der Waals surface area contributed by atoms with E-state index in [1.807, 2.05) is 18.4 Å². The Bertz CT molecular complexity index is 707. The molecule has 2 nitrogen and oxygen atoms in total. The topological polar surface area (TPSA) is 24.9 Å². The molecule has 1 heterocycles. The highest BCUT2D eigenvalue weighted by molar-refractivity contribution is 7.98. The van der Waals surface area contributed by atoms with Gasteiger partial charge in [-0.2, -0.15) is 0 Å². The lowest BCUT2D eigenvalue weighted by Crippen LogP contribution is -1.88. The summed E-state index contributed by atoms with van der Waals surface area (Å²) >= 11 is 3.22. The predicted molar refractivity (Wildman–Crippen MR) is 81.1 cm³/mol. The molecule has 2 aromatic carbocycles. The molecule has 0 aliphatic carbocycles. The van der Waals surface area contributed by atoms with E-state index in [1.165, 1.54) is 28.4 Å². The monoisotopic (exact) mass is 290 g/mol. The molecule has 1 aromatic heterocycles. The summed E-state index contributed by atoms with van der Waals surface area (Å²) in [5.41, 5.74) is 1.67. The van der Waals surface area contributed by atoms with Crippen LogP contribution in [0.5, 0.6) is 0 Å². The Morgan fingerprint density at radius 2 is 1.95 bits per heavy atom. The van der Waals surface area contributed by atoms with Gasteiger partial charge >= 0.3 is 0 Å². The lowest BCUT2D eigenvalue weighted by atomic mass is 10.3. The van der Waals surface area contributed by atoms with Crippen molar-refractivity contribution in [3.8, 4) is 0 Å². The van der Waals surface area contributed by atoms with E-state index < -0.39 is 0 Å². The van der Waals surface area contributed by atoms with Crippen molar-refractivity contribution in [2.75, 3.05) is 11.6 Å². The van der Waals surface area contributed by atoms with Gasteiger partial charge in [0.1, 0.15) is 5.82 Å². The first kappa shape index (κ1) is 12.4. The lowest BCUT2D eigenvalue weighted by molar-refractivity contribution is 0.629. The Morgan fingerprint density at radius 3 is 2.68 bits per heavy atom. The number of benzene rings is 2. The number of hydrogen-bond donors (Lipinski definition) is 1. The van der Waals surface area contributed by atoms with E-state index in [0.717, 1.165) is 15.5 Å². The molecule has 5 heteroatoms. The van der Waals surface area contributed by atoms with Gasteiger partial charge in [0.05, 0.1) is 10.2 Å². The SMILES string of the molecule is CSc1ccc(Nc2nc3cc(F)ccc3s2)cc1. The number of fused-ring (bicyclic) bond motifs is 1. The van der Waals surface area contributed by atoms with Gasteiger partial charge in [0.15, 0.2) is 5.13 Å². The quantitative estimate of drug-likeness (QED) is 0.694. The molecule has 0 radical (unpaired) electrons. The first-order valence-corrected chi connectivity index (χ1v) is 7.76. The largest absolute Gasteiger partial charge is 0.332 e. The molecule has 19 heavy (non-hydrogen) atoms. The summed E-state index contributed by atoms with van der Waals surface area (Å²) in [7, 11) is 0. The molecule has 0 bridgehead atoms. The Morgan fingerprint density at radius 1 is 1.16 bits per heavy atom. The van der Waals surface area contributed by atoms with E-state index in [-0.39, 0.29) is 5.82 Å². The summed E-state index contributed by atoms with van der Waals surface area (Å²) in [5, 5.41) is 4.02. The van der Waals surface area contributed by atoms with Crippen LogP contribution in [0, 0.1) is 5.82 Å². The third-order valence-electron chi connectivity index (χ3n) is 2.69. The fraction of sp³-hybridized carbons (Fsp3) is 0.0714. The maximum atomic E-state index is 13.1. The van der Waals surface area contributed by atoms with Crippen LogP contribution < -0.4 is 5.32 Å². The van der Waals surface area contributed by atoms with Gasteiger partial charge in [0, 0.05) is 16.6 Å². The zero-order valence-electron chi connectivity index (χ0n) is 10.2. The second-order valence-corrected chi connectivity index (χ2v) is 5.89. The zero-order chi connectivity index (χ0) is 13.2. The molecular formula is C14H11FN2S2. The van der Waals surface area contributed by atoms with Gasteiger partial charge in [0.2, 0.25) is 0 Å². The molecule has 0 unspecified atom stereocenters. The van der Waals surface area contributed by atoms with Crippen LogP contribution in [-0.2, 0) is 0 Å². The zero-order valence-corrected chi connectivity index (χ0v) is 11.8.